The molecule has 1 aromatic rings. The van der Waals surface area contributed by atoms with Crippen LogP contribution in [-0.2, 0) is 11.2 Å². The van der Waals surface area contributed by atoms with Crippen LogP contribution in [0.5, 0.6) is 0 Å². The molecule has 0 N–H and O–H groups in total. The fraction of sp³-hybridized carbons (Fsp3) is 0.667. The second-order valence-electron chi connectivity index (χ2n) is 10.8. The number of allylic oxidation sites excluding steroid dienone is 3. The number of benzene rings is 1. The van der Waals surface area contributed by atoms with Gasteiger partial charge in [0.1, 0.15) is 0 Å². The summed E-state index contributed by atoms with van der Waals surface area (Å²) < 4.78 is 30.9. The average Bonchev–Trinajstić information content (AvgIpc) is 2.85. The first kappa shape index (κ1) is 24.6. The summed E-state index contributed by atoms with van der Waals surface area (Å²) in [7, 11) is 0. The van der Waals surface area contributed by atoms with Crippen molar-refractivity contribution in [2.24, 2.45) is 23.7 Å². The monoisotopic (exact) mass is 456 g/mol. The van der Waals surface area contributed by atoms with E-state index in [1.165, 1.54) is 69.8 Å². The lowest BCUT2D eigenvalue weighted by Crippen LogP contribution is -2.37. The number of aryl methyl sites for hydroxylation is 1. The molecule has 2 unspecified atom stereocenters. The zero-order valence-electron chi connectivity index (χ0n) is 20.4. The number of rotatable bonds is 7. The largest absolute Gasteiger partial charge is 0.378 e. The Kier molecular flexibility index (Phi) is 9.18. The number of hydrogen-bond acceptors (Lipinski definition) is 1. The molecule has 2 aliphatic carbocycles. The van der Waals surface area contributed by atoms with E-state index in [2.05, 4.69) is 43.3 Å². The smallest absolute Gasteiger partial charge is 0.266 e. The Morgan fingerprint density at radius 2 is 1.52 bits per heavy atom. The van der Waals surface area contributed by atoms with E-state index in [9.17, 15) is 8.78 Å². The molecule has 4 rings (SSSR count). The third-order valence-corrected chi connectivity index (χ3v) is 8.77. The lowest BCUT2D eigenvalue weighted by atomic mass is 9.71. The van der Waals surface area contributed by atoms with Crippen LogP contribution in [0.1, 0.15) is 94.6 Å². The summed E-state index contributed by atoms with van der Waals surface area (Å²) in [5.74, 6) is 3.87. The van der Waals surface area contributed by atoms with Gasteiger partial charge in [-0.05, 0) is 131 Å². The van der Waals surface area contributed by atoms with E-state index in [-0.39, 0.29) is 0 Å². The first-order valence-electron chi connectivity index (χ1n) is 13.5. The van der Waals surface area contributed by atoms with Crippen molar-refractivity contribution in [3.8, 4) is 0 Å². The van der Waals surface area contributed by atoms with E-state index >= 15 is 0 Å². The van der Waals surface area contributed by atoms with Crippen molar-refractivity contribution in [3.63, 3.8) is 0 Å². The Morgan fingerprint density at radius 3 is 2.12 bits per heavy atom. The topological polar surface area (TPSA) is 9.23 Å². The Morgan fingerprint density at radius 1 is 0.848 bits per heavy atom. The fourth-order valence-electron chi connectivity index (χ4n) is 6.75. The molecule has 0 aromatic heterocycles. The molecule has 3 fully saturated rings. The molecular weight excluding hydrogens is 414 g/mol. The van der Waals surface area contributed by atoms with Crippen LogP contribution in [0.25, 0.3) is 0 Å². The molecule has 2 atom stereocenters. The predicted octanol–water partition coefficient (Wildman–Crippen LogP) is 8.85. The zero-order valence-corrected chi connectivity index (χ0v) is 20.4. The van der Waals surface area contributed by atoms with Crippen molar-refractivity contribution in [1.29, 1.82) is 0 Å². The summed E-state index contributed by atoms with van der Waals surface area (Å²) in [5, 5.41) is 0. The van der Waals surface area contributed by atoms with Crippen molar-refractivity contribution in [1.82, 2.24) is 0 Å². The van der Waals surface area contributed by atoms with Gasteiger partial charge in [0, 0.05) is 0 Å². The maximum absolute atomic E-state index is 12.2. The van der Waals surface area contributed by atoms with E-state index < -0.39 is 6.08 Å². The van der Waals surface area contributed by atoms with Gasteiger partial charge in [0.2, 0.25) is 0 Å². The molecule has 0 bridgehead atoms. The maximum atomic E-state index is 12.2. The molecule has 1 nitrogen and oxygen atoms in total. The molecule has 182 valence electrons. The normalized spacial score (nSPS) is 33.2. The van der Waals surface area contributed by atoms with Gasteiger partial charge >= 0.3 is 0 Å². The van der Waals surface area contributed by atoms with Crippen LogP contribution >= 0.6 is 0 Å². The first-order chi connectivity index (χ1) is 16.1. The van der Waals surface area contributed by atoms with Gasteiger partial charge in [0.05, 0.1) is 12.7 Å². The highest BCUT2D eigenvalue weighted by molar-refractivity contribution is 5.26. The molecule has 1 heterocycles. The molecule has 1 aliphatic heterocycles. The van der Waals surface area contributed by atoms with Crippen LogP contribution in [0, 0.1) is 23.7 Å². The standard InChI is InChI=1S/C30H42F2O/c1-2-4-22-7-13-26(14-8-22)28-19-20-29(33-21-28)27-17-15-25(16-18-27)24-11-9-23(10-12-24)5-3-6-30(31)32/h2,4,6,9-12,22,25-29H,3,5,7-8,13-21H2,1H3. The van der Waals surface area contributed by atoms with Crippen LogP contribution in [0.2, 0.25) is 0 Å². The van der Waals surface area contributed by atoms with Gasteiger partial charge in [-0.1, -0.05) is 36.4 Å². The van der Waals surface area contributed by atoms with Gasteiger partial charge in [-0.3, -0.25) is 0 Å². The van der Waals surface area contributed by atoms with Crippen LogP contribution in [0.15, 0.2) is 48.6 Å². The molecule has 0 radical (unpaired) electrons. The summed E-state index contributed by atoms with van der Waals surface area (Å²) >= 11 is 0. The van der Waals surface area contributed by atoms with E-state index in [1.54, 1.807) is 0 Å². The molecule has 1 aromatic carbocycles. The second kappa shape index (κ2) is 12.3. The fourth-order valence-corrected chi connectivity index (χ4v) is 6.75. The van der Waals surface area contributed by atoms with Crippen LogP contribution in [0.3, 0.4) is 0 Å². The maximum Gasteiger partial charge on any atom is 0.266 e. The summed E-state index contributed by atoms with van der Waals surface area (Å²) in [6, 6.07) is 8.70. The number of hydrogen-bond donors (Lipinski definition) is 0. The summed E-state index contributed by atoms with van der Waals surface area (Å²) in [4.78, 5) is 0. The highest BCUT2D eigenvalue weighted by Crippen LogP contribution is 2.43. The predicted molar refractivity (Wildman–Crippen MR) is 132 cm³/mol. The van der Waals surface area contributed by atoms with Crippen LogP contribution in [-0.4, -0.2) is 12.7 Å². The third-order valence-electron chi connectivity index (χ3n) is 8.77. The quantitative estimate of drug-likeness (QED) is 0.372. The van der Waals surface area contributed by atoms with Crippen molar-refractivity contribution >= 4 is 0 Å². The Labute approximate surface area is 199 Å². The second-order valence-corrected chi connectivity index (χ2v) is 10.8. The summed E-state index contributed by atoms with van der Waals surface area (Å²) in [6.45, 7) is 3.14. The minimum atomic E-state index is -1.58. The minimum absolute atomic E-state index is 0.409. The van der Waals surface area contributed by atoms with Crippen molar-refractivity contribution in [2.75, 3.05) is 6.61 Å². The number of halogens is 2. The Hall–Kier alpha value is -1.48. The zero-order chi connectivity index (χ0) is 23.0. The van der Waals surface area contributed by atoms with E-state index in [1.807, 2.05) is 0 Å². The van der Waals surface area contributed by atoms with Gasteiger partial charge in [-0.15, -0.1) is 0 Å². The number of ether oxygens (including phenoxy) is 1. The molecule has 0 amide bonds. The van der Waals surface area contributed by atoms with Crippen LogP contribution in [0.4, 0.5) is 8.78 Å². The Balaban J connectivity index is 1.17. The highest BCUT2D eigenvalue weighted by Gasteiger charge is 2.35. The minimum Gasteiger partial charge on any atom is -0.378 e. The van der Waals surface area contributed by atoms with Gasteiger partial charge in [0.15, 0.2) is 0 Å². The molecule has 33 heavy (non-hydrogen) atoms. The van der Waals surface area contributed by atoms with E-state index in [0.717, 1.165) is 41.9 Å². The van der Waals surface area contributed by atoms with Gasteiger partial charge < -0.3 is 4.74 Å². The van der Waals surface area contributed by atoms with Gasteiger partial charge in [-0.25, -0.2) is 0 Å². The summed E-state index contributed by atoms with van der Waals surface area (Å²) in [5.41, 5.74) is 2.56. The van der Waals surface area contributed by atoms with Gasteiger partial charge in [0.25, 0.3) is 6.08 Å². The van der Waals surface area contributed by atoms with Crippen molar-refractivity contribution < 1.29 is 13.5 Å². The first-order valence-corrected chi connectivity index (χ1v) is 13.5. The Bertz CT molecular complexity index is 755. The van der Waals surface area contributed by atoms with Crippen LogP contribution < -0.4 is 0 Å². The van der Waals surface area contributed by atoms with Gasteiger partial charge in [-0.2, -0.15) is 8.78 Å². The molecule has 2 saturated carbocycles. The highest BCUT2D eigenvalue weighted by atomic mass is 19.3. The SMILES string of the molecule is CC=CC1CCC(C2CCC(C3CCC(c4ccc(CCC=C(F)F)cc4)CC3)OC2)CC1. The molecule has 1 saturated heterocycles. The molecule has 3 heteroatoms. The van der Waals surface area contributed by atoms with Crippen molar-refractivity contribution in [3.05, 3.63) is 59.7 Å². The lowest BCUT2D eigenvalue weighted by molar-refractivity contribution is -0.0718. The molecular formula is C30H42F2O. The lowest BCUT2D eigenvalue weighted by Gasteiger charge is -2.41. The summed E-state index contributed by atoms with van der Waals surface area (Å²) in [6.07, 6.45) is 18.8. The van der Waals surface area contributed by atoms with E-state index in [0.29, 0.717) is 24.9 Å². The van der Waals surface area contributed by atoms with E-state index in [4.69, 9.17) is 4.74 Å². The third kappa shape index (κ3) is 7.01. The van der Waals surface area contributed by atoms with Crippen molar-refractivity contribution in [2.45, 2.75) is 96.0 Å². The molecule has 3 aliphatic rings. The molecule has 0 spiro atoms. The average molecular weight is 457 g/mol.